The van der Waals surface area contributed by atoms with E-state index in [2.05, 4.69) is 0 Å². The second-order valence-electron chi connectivity index (χ2n) is 2.49. The predicted molar refractivity (Wildman–Crippen MR) is 47.8 cm³/mol. The Hall–Kier alpha value is -1.91. The lowest BCUT2D eigenvalue weighted by Crippen LogP contribution is -2.01. The minimum Gasteiger partial charge on any atom is -0.624 e. The molecule has 0 aliphatic rings. The summed E-state index contributed by atoms with van der Waals surface area (Å²) in [7, 11) is 1.27. The van der Waals surface area contributed by atoms with Crippen molar-refractivity contribution in [1.82, 2.24) is 0 Å². The molecule has 0 heterocycles. The molecular weight excluding hydrogens is 172 g/mol. The first-order valence-corrected chi connectivity index (χ1v) is 3.59. The predicted octanol–water partition coefficient (Wildman–Crippen LogP) is 1.15. The second-order valence-corrected chi connectivity index (χ2v) is 2.49. The molecule has 0 N–H and O–H groups in total. The minimum absolute atomic E-state index is 0.0646. The van der Waals surface area contributed by atoms with E-state index in [0.29, 0.717) is 10.3 Å². The number of nitro groups is 1. The molecule has 0 unspecified atom stereocenters. The van der Waals surface area contributed by atoms with Crippen molar-refractivity contribution in [3.63, 3.8) is 0 Å². The van der Waals surface area contributed by atoms with Gasteiger partial charge in [0.1, 0.15) is 12.6 Å². The summed E-state index contributed by atoms with van der Waals surface area (Å²) in [6, 6.07) is 6.07. The maximum absolute atomic E-state index is 10.6. The number of rotatable bonds is 2. The van der Waals surface area contributed by atoms with E-state index in [4.69, 9.17) is 0 Å². The van der Waals surface area contributed by atoms with Crippen LogP contribution < -0.4 is 0 Å². The highest BCUT2D eigenvalue weighted by molar-refractivity contribution is 5.81. The van der Waals surface area contributed by atoms with Gasteiger partial charge in [0.05, 0.1) is 4.92 Å². The van der Waals surface area contributed by atoms with Crippen LogP contribution in [-0.4, -0.2) is 22.9 Å². The maximum atomic E-state index is 10.6. The lowest BCUT2D eigenvalue weighted by molar-refractivity contribution is -0.417. The molecule has 0 spiro atoms. The second kappa shape index (κ2) is 3.66. The average Bonchev–Trinajstić information content (AvgIpc) is 2.03. The molecule has 1 rings (SSSR count). The van der Waals surface area contributed by atoms with Crippen LogP contribution in [0.15, 0.2) is 24.3 Å². The lowest BCUT2D eigenvalue weighted by Gasteiger charge is -1.96. The molecule has 0 bridgehead atoms. The molecule has 0 fully saturated rings. The van der Waals surface area contributed by atoms with Gasteiger partial charge in [-0.1, -0.05) is 12.1 Å². The van der Waals surface area contributed by atoms with Gasteiger partial charge in [-0.3, -0.25) is 10.1 Å². The molecule has 0 saturated heterocycles. The van der Waals surface area contributed by atoms with Crippen LogP contribution in [0.5, 0.6) is 0 Å². The summed E-state index contributed by atoms with van der Waals surface area (Å²) in [5.41, 5.74) is 0.246. The normalized spacial score (nSPS) is 11.3. The Bertz CT molecular complexity index is 356. The molecule has 0 amide bonds. The Kier molecular flexibility index (Phi) is 2.59. The zero-order valence-corrected chi connectivity index (χ0v) is 7.01. The van der Waals surface area contributed by atoms with Gasteiger partial charge in [-0.2, -0.15) is 0 Å². The van der Waals surface area contributed by atoms with E-state index in [9.17, 15) is 15.3 Å². The van der Waals surface area contributed by atoms with Crippen molar-refractivity contribution >= 4 is 11.9 Å². The molecule has 0 aliphatic heterocycles. The third-order valence-electron chi connectivity index (χ3n) is 1.45. The number of para-hydroxylation sites is 1. The lowest BCUT2D eigenvalue weighted by atomic mass is 10.2. The SMILES string of the molecule is C[N+]([O-])=Cc1ccccc1[N+](=O)[O-]. The largest absolute Gasteiger partial charge is 0.624 e. The highest BCUT2D eigenvalue weighted by atomic mass is 16.6. The number of hydrogen-bond donors (Lipinski definition) is 0. The van der Waals surface area contributed by atoms with Crippen LogP contribution in [0.3, 0.4) is 0 Å². The maximum Gasteiger partial charge on any atom is 0.282 e. The van der Waals surface area contributed by atoms with Crippen LogP contribution in [-0.2, 0) is 0 Å². The van der Waals surface area contributed by atoms with Gasteiger partial charge >= 0.3 is 0 Å². The molecule has 0 saturated carbocycles. The summed E-state index contributed by atoms with van der Waals surface area (Å²) in [5, 5.41) is 21.1. The summed E-state index contributed by atoms with van der Waals surface area (Å²) in [6.45, 7) is 0. The first kappa shape index (κ1) is 9.18. The van der Waals surface area contributed by atoms with Crippen molar-refractivity contribution in [2.24, 2.45) is 0 Å². The molecule has 68 valence electrons. The van der Waals surface area contributed by atoms with Crippen LogP contribution in [0.1, 0.15) is 5.56 Å². The van der Waals surface area contributed by atoms with Crippen LogP contribution in [0.4, 0.5) is 5.69 Å². The average molecular weight is 180 g/mol. The van der Waals surface area contributed by atoms with Gasteiger partial charge in [0.25, 0.3) is 5.69 Å². The minimum atomic E-state index is -0.519. The Balaban J connectivity index is 3.20. The smallest absolute Gasteiger partial charge is 0.282 e. The summed E-state index contributed by atoms with van der Waals surface area (Å²) in [6.07, 6.45) is 1.16. The Labute approximate surface area is 74.7 Å². The third-order valence-corrected chi connectivity index (χ3v) is 1.45. The summed E-state index contributed by atoms with van der Waals surface area (Å²) in [4.78, 5) is 9.95. The van der Waals surface area contributed by atoms with Crippen molar-refractivity contribution in [1.29, 1.82) is 0 Å². The van der Waals surface area contributed by atoms with Crippen molar-refractivity contribution in [3.05, 3.63) is 45.2 Å². The molecule has 0 aromatic heterocycles. The molecule has 5 nitrogen and oxygen atoms in total. The van der Waals surface area contributed by atoms with Crippen LogP contribution in [0, 0.1) is 15.3 Å². The third kappa shape index (κ3) is 2.26. The highest BCUT2D eigenvalue weighted by Crippen LogP contribution is 2.14. The van der Waals surface area contributed by atoms with Gasteiger partial charge in [-0.05, 0) is 6.07 Å². The summed E-state index contributed by atoms with van der Waals surface area (Å²) < 4.78 is 0.530. The molecular formula is C8H8N2O3. The van der Waals surface area contributed by atoms with Gasteiger partial charge in [0.2, 0.25) is 0 Å². The number of hydrogen-bond acceptors (Lipinski definition) is 3. The number of benzene rings is 1. The topological polar surface area (TPSA) is 69.2 Å². The molecule has 0 atom stereocenters. The van der Waals surface area contributed by atoms with E-state index >= 15 is 0 Å². The first-order chi connectivity index (χ1) is 6.11. The first-order valence-electron chi connectivity index (χ1n) is 3.59. The Morgan fingerprint density at radius 1 is 1.31 bits per heavy atom. The number of nitro benzene ring substituents is 1. The van der Waals surface area contributed by atoms with E-state index in [1.807, 2.05) is 0 Å². The molecule has 0 aliphatic carbocycles. The fourth-order valence-electron chi connectivity index (χ4n) is 0.959. The van der Waals surface area contributed by atoms with Crippen LogP contribution in [0.2, 0.25) is 0 Å². The van der Waals surface area contributed by atoms with Crippen molar-refractivity contribution in [2.75, 3.05) is 7.05 Å². The van der Waals surface area contributed by atoms with Gasteiger partial charge < -0.3 is 5.21 Å². The molecule has 1 aromatic rings. The van der Waals surface area contributed by atoms with Crippen molar-refractivity contribution < 1.29 is 9.66 Å². The Morgan fingerprint density at radius 3 is 2.46 bits per heavy atom. The fourth-order valence-corrected chi connectivity index (χ4v) is 0.959. The molecule has 0 radical (unpaired) electrons. The molecule has 5 heteroatoms. The Morgan fingerprint density at radius 2 is 1.92 bits per heavy atom. The van der Waals surface area contributed by atoms with Gasteiger partial charge in [-0.15, -0.1) is 0 Å². The van der Waals surface area contributed by atoms with Gasteiger partial charge in [0.15, 0.2) is 6.21 Å². The highest BCUT2D eigenvalue weighted by Gasteiger charge is 2.11. The summed E-state index contributed by atoms with van der Waals surface area (Å²) >= 11 is 0. The van der Waals surface area contributed by atoms with E-state index in [1.165, 1.54) is 19.2 Å². The van der Waals surface area contributed by atoms with Gasteiger partial charge in [0, 0.05) is 6.07 Å². The summed E-state index contributed by atoms with van der Waals surface area (Å²) in [5.74, 6) is 0. The number of nitrogens with zero attached hydrogens (tertiary/aromatic N) is 2. The van der Waals surface area contributed by atoms with E-state index < -0.39 is 4.92 Å². The monoisotopic (exact) mass is 180 g/mol. The van der Waals surface area contributed by atoms with E-state index in [-0.39, 0.29) is 5.69 Å². The zero-order chi connectivity index (χ0) is 9.84. The number of hydroxylamine groups is 1. The van der Waals surface area contributed by atoms with Crippen molar-refractivity contribution in [2.45, 2.75) is 0 Å². The van der Waals surface area contributed by atoms with Crippen molar-refractivity contribution in [3.8, 4) is 0 Å². The van der Waals surface area contributed by atoms with Crippen LogP contribution >= 0.6 is 0 Å². The van der Waals surface area contributed by atoms with E-state index in [1.54, 1.807) is 12.1 Å². The van der Waals surface area contributed by atoms with Gasteiger partial charge in [-0.25, -0.2) is 4.74 Å². The fraction of sp³-hybridized carbons (Fsp3) is 0.125. The van der Waals surface area contributed by atoms with E-state index in [0.717, 1.165) is 6.21 Å². The molecule has 1 aromatic carbocycles. The quantitative estimate of drug-likeness (QED) is 0.225. The molecule has 13 heavy (non-hydrogen) atoms. The zero-order valence-electron chi connectivity index (χ0n) is 7.01. The van der Waals surface area contributed by atoms with Crippen LogP contribution in [0.25, 0.3) is 0 Å². The standard InChI is InChI=1S/C8H8N2O3/c1-9(11)6-7-4-2-3-5-8(7)10(12)13/h2-6H,1H3.